The number of aromatic hydroxyl groups is 1. The van der Waals surface area contributed by atoms with Gasteiger partial charge in [-0.05, 0) is 43.9 Å². The van der Waals surface area contributed by atoms with Gasteiger partial charge in [0.25, 0.3) is 0 Å². The fourth-order valence-electron chi connectivity index (χ4n) is 4.79. The summed E-state index contributed by atoms with van der Waals surface area (Å²) in [6.07, 6.45) is 9.98. The topological polar surface area (TPSA) is 75.9 Å². The molecular weight excluding hydrogens is 381 g/mol. The van der Waals surface area contributed by atoms with E-state index in [0.29, 0.717) is 28.9 Å². The predicted octanol–water partition coefficient (Wildman–Crippen LogP) is 3.92. The molecule has 154 valence electrons. The van der Waals surface area contributed by atoms with Crippen LogP contribution in [0.2, 0.25) is 0 Å². The SMILES string of the molecule is C=C(c1cnc(-c2ccc(-n3ccnc3)cc2O)cn1)[C@H]1C[C@]2(C)CCC(N2)[C@H]1F. The number of piperidine rings is 1. The van der Waals surface area contributed by atoms with E-state index in [1.54, 1.807) is 43.2 Å². The van der Waals surface area contributed by atoms with Crippen LogP contribution in [-0.4, -0.2) is 42.4 Å². The second-order valence-electron chi connectivity index (χ2n) is 8.59. The van der Waals surface area contributed by atoms with Crippen LogP contribution in [0.25, 0.3) is 22.5 Å². The lowest BCUT2D eigenvalue weighted by atomic mass is 9.79. The summed E-state index contributed by atoms with van der Waals surface area (Å²) < 4.78 is 16.8. The zero-order valence-corrected chi connectivity index (χ0v) is 16.8. The summed E-state index contributed by atoms with van der Waals surface area (Å²) in [6.45, 7) is 6.32. The number of benzene rings is 1. The van der Waals surface area contributed by atoms with Crippen LogP contribution in [0.1, 0.15) is 31.9 Å². The van der Waals surface area contributed by atoms with Crippen molar-refractivity contribution in [3.05, 3.63) is 61.6 Å². The summed E-state index contributed by atoms with van der Waals surface area (Å²) in [4.78, 5) is 13.0. The Morgan fingerprint density at radius 3 is 2.90 bits per heavy atom. The standard InChI is InChI=1S/C23H24FN5O/c1-14(17-10-23(2)6-5-18(28-23)22(17)24)19-11-27-20(12-26-19)16-4-3-15(9-21(16)30)29-8-7-25-13-29/h3-4,7-9,11-13,17-18,22,28,30H,1,5-6,10H2,2H3/t17-,18?,22+,23+/m1/s1. The molecule has 2 saturated heterocycles. The van der Waals surface area contributed by atoms with Gasteiger partial charge in [0.05, 0.1) is 35.8 Å². The smallest absolute Gasteiger partial charge is 0.127 e. The Morgan fingerprint density at radius 1 is 1.33 bits per heavy atom. The summed E-state index contributed by atoms with van der Waals surface area (Å²) in [5.41, 5.74) is 3.20. The molecule has 6 nitrogen and oxygen atoms in total. The lowest BCUT2D eigenvalue weighted by Gasteiger charge is -2.39. The second-order valence-corrected chi connectivity index (χ2v) is 8.59. The van der Waals surface area contributed by atoms with Crippen molar-refractivity contribution >= 4 is 5.57 Å². The Hall–Kier alpha value is -3.06. The summed E-state index contributed by atoms with van der Waals surface area (Å²) >= 11 is 0. The molecular formula is C23H24FN5O. The van der Waals surface area contributed by atoms with Gasteiger partial charge in [0.2, 0.25) is 0 Å². The van der Waals surface area contributed by atoms with Gasteiger partial charge in [-0.15, -0.1) is 0 Å². The molecule has 1 unspecified atom stereocenters. The number of phenolic OH excluding ortho intramolecular Hbond substituents is 1. The first-order chi connectivity index (χ1) is 14.4. The Bertz CT molecular complexity index is 1080. The van der Waals surface area contributed by atoms with E-state index >= 15 is 0 Å². The van der Waals surface area contributed by atoms with E-state index in [1.165, 1.54) is 0 Å². The highest BCUT2D eigenvalue weighted by molar-refractivity contribution is 5.69. The molecule has 3 aromatic rings. The molecule has 2 aliphatic rings. The second kappa shape index (κ2) is 7.02. The summed E-state index contributed by atoms with van der Waals surface area (Å²) in [6, 6.07) is 5.23. The van der Waals surface area contributed by atoms with Gasteiger partial charge < -0.3 is 15.0 Å². The number of rotatable bonds is 4. The van der Waals surface area contributed by atoms with E-state index in [-0.39, 0.29) is 23.2 Å². The molecule has 2 bridgehead atoms. The molecule has 2 N–H and O–H groups in total. The highest BCUT2D eigenvalue weighted by Gasteiger charge is 2.49. The molecule has 5 rings (SSSR count). The molecule has 7 heteroatoms. The zero-order chi connectivity index (χ0) is 20.9. The minimum Gasteiger partial charge on any atom is -0.507 e. The molecule has 4 heterocycles. The average molecular weight is 405 g/mol. The van der Waals surface area contributed by atoms with Gasteiger partial charge in [0.1, 0.15) is 11.9 Å². The highest BCUT2D eigenvalue weighted by Crippen LogP contribution is 2.44. The van der Waals surface area contributed by atoms with Crippen LogP contribution in [0.4, 0.5) is 4.39 Å². The predicted molar refractivity (Wildman–Crippen MR) is 113 cm³/mol. The van der Waals surface area contributed by atoms with Crippen LogP contribution in [0.3, 0.4) is 0 Å². The normalized spacial score (nSPS) is 27.9. The Labute approximate surface area is 174 Å². The first kappa shape index (κ1) is 18.9. The van der Waals surface area contributed by atoms with Crippen molar-refractivity contribution in [1.29, 1.82) is 0 Å². The maximum atomic E-state index is 15.0. The maximum Gasteiger partial charge on any atom is 0.127 e. The molecule has 0 radical (unpaired) electrons. The number of nitrogens with zero attached hydrogens (tertiary/aromatic N) is 4. The van der Waals surface area contributed by atoms with Crippen molar-refractivity contribution in [2.75, 3.05) is 0 Å². The maximum absolute atomic E-state index is 15.0. The summed E-state index contributed by atoms with van der Waals surface area (Å²) in [5.74, 6) is -0.152. The highest BCUT2D eigenvalue weighted by atomic mass is 19.1. The molecule has 30 heavy (non-hydrogen) atoms. The number of allylic oxidation sites excluding steroid dienone is 1. The van der Waals surface area contributed by atoms with Gasteiger partial charge in [-0.3, -0.25) is 9.97 Å². The zero-order valence-electron chi connectivity index (χ0n) is 16.8. The van der Waals surface area contributed by atoms with Crippen molar-refractivity contribution < 1.29 is 9.50 Å². The molecule has 0 amide bonds. The number of imidazole rings is 1. The van der Waals surface area contributed by atoms with E-state index in [1.807, 2.05) is 10.6 Å². The lowest BCUT2D eigenvalue weighted by molar-refractivity contribution is 0.135. The van der Waals surface area contributed by atoms with Gasteiger partial charge in [0, 0.05) is 41.5 Å². The monoisotopic (exact) mass is 405 g/mol. The quantitative estimate of drug-likeness (QED) is 0.688. The van der Waals surface area contributed by atoms with E-state index in [4.69, 9.17) is 0 Å². The van der Waals surface area contributed by atoms with Crippen molar-refractivity contribution in [3.63, 3.8) is 0 Å². The molecule has 0 spiro atoms. The van der Waals surface area contributed by atoms with Gasteiger partial charge in [-0.2, -0.15) is 0 Å². The third-order valence-corrected chi connectivity index (χ3v) is 6.47. The van der Waals surface area contributed by atoms with Gasteiger partial charge in [-0.25, -0.2) is 9.37 Å². The number of halogens is 1. The first-order valence-electron chi connectivity index (χ1n) is 10.2. The lowest BCUT2D eigenvalue weighted by Crippen LogP contribution is -2.53. The summed E-state index contributed by atoms with van der Waals surface area (Å²) in [7, 11) is 0. The van der Waals surface area contributed by atoms with Crippen molar-refractivity contribution in [2.24, 2.45) is 5.92 Å². The van der Waals surface area contributed by atoms with Crippen molar-refractivity contribution in [1.82, 2.24) is 24.8 Å². The van der Waals surface area contributed by atoms with Crippen LogP contribution < -0.4 is 5.32 Å². The molecule has 0 aliphatic carbocycles. The number of phenols is 1. The van der Waals surface area contributed by atoms with Crippen molar-refractivity contribution in [2.45, 2.75) is 43.9 Å². The fourth-order valence-corrected chi connectivity index (χ4v) is 4.79. The van der Waals surface area contributed by atoms with E-state index in [2.05, 4.69) is 33.8 Å². The Kier molecular flexibility index (Phi) is 4.43. The van der Waals surface area contributed by atoms with Crippen LogP contribution in [-0.2, 0) is 0 Å². The minimum atomic E-state index is -0.964. The summed E-state index contributed by atoms with van der Waals surface area (Å²) in [5, 5.41) is 13.9. The van der Waals surface area contributed by atoms with E-state index < -0.39 is 6.17 Å². The number of aromatic nitrogens is 4. The number of nitrogens with one attached hydrogen (secondary N) is 1. The van der Waals surface area contributed by atoms with Crippen LogP contribution in [0, 0.1) is 5.92 Å². The molecule has 4 atom stereocenters. The molecule has 2 aliphatic heterocycles. The Balaban J connectivity index is 1.38. The van der Waals surface area contributed by atoms with Gasteiger partial charge in [-0.1, -0.05) is 6.58 Å². The number of alkyl halides is 1. The molecule has 2 aromatic heterocycles. The van der Waals surface area contributed by atoms with Crippen molar-refractivity contribution in [3.8, 4) is 22.7 Å². The van der Waals surface area contributed by atoms with Gasteiger partial charge >= 0.3 is 0 Å². The largest absolute Gasteiger partial charge is 0.507 e. The molecule has 2 fully saturated rings. The van der Waals surface area contributed by atoms with Crippen LogP contribution >= 0.6 is 0 Å². The van der Waals surface area contributed by atoms with Gasteiger partial charge in [0.15, 0.2) is 0 Å². The van der Waals surface area contributed by atoms with E-state index in [9.17, 15) is 9.50 Å². The van der Waals surface area contributed by atoms with Crippen LogP contribution in [0.5, 0.6) is 5.75 Å². The number of hydrogen-bond donors (Lipinski definition) is 2. The first-order valence-corrected chi connectivity index (χ1v) is 10.2. The van der Waals surface area contributed by atoms with Crippen LogP contribution in [0.15, 0.2) is 55.9 Å². The number of fused-ring (bicyclic) bond motifs is 2. The Morgan fingerprint density at radius 2 is 2.20 bits per heavy atom. The molecule has 0 saturated carbocycles. The van der Waals surface area contributed by atoms with E-state index in [0.717, 1.165) is 18.5 Å². The minimum absolute atomic E-state index is 0.0307. The number of hydrogen-bond acceptors (Lipinski definition) is 5. The third-order valence-electron chi connectivity index (χ3n) is 6.47. The molecule has 1 aromatic carbocycles. The average Bonchev–Trinajstić information content (AvgIpc) is 3.39. The fraction of sp³-hybridized carbons (Fsp3) is 0.348. The third kappa shape index (κ3) is 3.19.